The van der Waals surface area contributed by atoms with Crippen LogP contribution in [0.2, 0.25) is 0 Å². The van der Waals surface area contributed by atoms with E-state index in [4.69, 9.17) is 11.0 Å². The Bertz CT molecular complexity index is 277. The van der Waals surface area contributed by atoms with E-state index in [1.165, 1.54) is 0 Å². The summed E-state index contributed by atoms with van der Waals surface area (Å²) in [6.07, 6.45) is 5.49. The fourth-order valence-electron chi connectivity index (χ4n) is 1.95. The molecule has 0 spiro atoms. The van der Waals surface area contributed by atoms with Crippen LogP contribution in [0.15, 0.2) is 0 Å². The maximum Gasteiger partial charge on any atom is 0.237 e. The molecule has 0 aliphatic heterocycles. The summed E-state index contributed by atoms with van der Waals surface area (Å²) in [5, 5.41) is 11.8. The number of carbonyl (C=O) groups is 1. The highest BCUT2D eigenvalue weighted by atomic mass is 32.2. The molecule has 1 amide bonds. The SMILES string of the molecule is CSCC[C@H](N)C(=O)NC1CCCC1C#N. The zero-order valence-electron chi connectivity index (χ0n) is 9.61. The van der Waals surface area contributed by atoms with Crippen LogP contribution in [0.5, 0.6) is 0 Å². The molecule has 90 valence electrons. The molecule has 16 heavy (non-hydrogen) atoms. The molecular weight excluding hydrogens is 222 g/mol. The largest absolute Gasteiger partial charge is 0.351 e. The molecule has 0 heterocycles. The van der Waals surface area contributed by atoms with Gasteiger partial charge in [0.05, 0.1) is 18.0 Å². The second-order valence-electron chi connectivity index (χ2n) is 4.17. The first kappa shape index (κ1) is 13.3. The number of nitrogens with two attached hydrogens (primary N) is 1. The molecule has 2 unspecified atom stereocenters. The summed E-state index contributed by atoms with van der Waals surface area (Å²) in [7, 11) is 0. The Balaban J connectivity index is 2.36. The van der Waals surface area contributed by atoms with Gasteiger partial charge >= 0.3 is 0 Å². The minimum Gasteiger partial charge on any atom is -0.351 e. The Kier molecular flexibility index (Phi) is 5.64. The summed E-state index contributed by atoms with van der Waals surface area (Å²) in [5.74, 6) is 0.749. The molecule has 1 rings (SSSR count). The van der Waals surface area contributed by atoms with E-state index < -0.39 is 6.04 Å². The van der Waals surface area contributed by atoms with Gasteiger partial charge in [0.1, 0.15) is 0 Å². The van der Waals surface area contributed by atoms with Gasteiger partial charge in [-0.15, -0.1) is 0 Å². The van der Waals surface area contributed by atoms with Gasteiger partial charge in [-0.2, -0.15) is 17.0 Å². The zero-order valence-corrected chi connectivity index (χ0v) is 10.4. The van der Waals surface area contributed by atoms with Crippen molar-refractivity contribution in [3.05, 3.63) is 0 Å². The molecule has 4 nitrogen and oxygen atoms in total. The third kappa shape index (κ3) is 3.69. The van der Waals surface area contributed by atoms with Gasteiger partial charge < -0.3 is 11.1 Å². The van der Waals surface area contributed by atoms with Crippen LogP contribution in [0, 0.1) is 17.2 Å². The van der Waals surface area contributed by atoms with E-state index in [0.717, 1.165) is 25.0 Å². The number of thioether (sulfide) groups is 1. The van der Waals surface area contributed by atoms with Crippen LogP contribution >= 0.6 is 11.8 Å². The Hall–Kier alpha value is -0.730. The van der Waals surface area contributed by atoms with Crippen molar-refractivity contribution in [1.82, 2.24) is 5.32 Å². The summed E-state index contributed by atoms with van der Waals surface area (Å²) in [6, 6.07) is 1.82. The van der Waals surface area contributed by atoms with Crippen molar-refractivity contribution >= 4 is 17.7 Å². The average Bonchev–Trinajstić information content (AvgIpc) is 2.72. The van der Waals surface area contributed by atoms with Crippen LogP contribution in [0.25, 0.3) is 0 Å². The lowest BCUT2D eigenvalue weighted by molar-refractivity contribution is -0.123. The smallest absolute Gasteiger partial charge is 0.237 e. The van der Waals surface area contributed by atoms with Gasteiger partial charge in [-0.1, -0.05) is 0 Å². The van der Waals surface area contributed by atoms with Gasteiger partial charge in [0.25, 0.3) is 0 Å². The minimum atomic E-state index is -0.438. The van der Waals surface area contributed by atoms with E-state index in [1.807, 2.05) is 6.26 Å². The fourth-order valence-corrected chi connectivity index (χ4v) is 2.44. The first-order chi connectivity index (χ1) is 7.69. The number of hydrogen-bond donors (Lipinski definition) is 2. The molecule has 0 aromatic rings. The lowest BCUT2D eigenvalue weighted by Gasteiger charge is -2.18. The van der Waals surface area contributed by atoms with E-state index in [0.29, 0.717) is 6.42 Å². The lowest BCUT2D eigenvalue weighted by atomic mass is 10.1. The number of carbonyl (C=O) groups excluding carboxylic acids is 1. The number of nitrogens with zero attached hydrogens (tertiary/aromatic N) is 1. The normalized spacial score (nSPS) is 26.1. The summed E-state index contributed by atoms with van der Waals surface area (Å²) in [5.41, 5.74) is 5.76. The summed E-state index contributed by atoms with van der Waals surface area (Å²) in [4.78, 5) is 11.7. The summed E-state index contributed by atoms with van der Waals surface area (Å²) < 4.78 is 0. The first-order valence-electron chi connectivity index (χ1n) is 5.63. The Morgan fingerprint density at radius 1 is 1.69 bits per heavy atom. The molecule has 5 heteroatoms. The van der Waals surface area contributed by atoms with Gasteiger partial charge in [-0.3, -0.25) is 4.79 Å². The highest BCUT2D eigenvalue weighted by Gasteiger charge is 2.29. The molecule has 3 atom stereocenters. The predicted octanol–water partition coefficient (Wildman–Crippen LogP) is 0.875. The average molecular weight is 241 g/mol. The molecule has 3 N–H and O–H groups in total. The molecule has 1 fully saturated rings. The van der Waals surface area contributed by atoms with Crippen molar-refractivity contribution in [1.29, 1.82) is 5.26 Å². The van der Waals surface area contributed by atoms with Gasteiger partial charge in [-0.25, -0.2) is 0 Å². The Labute approximate surface area is 101 Å². The number of nitrogens with one attached hydrogen (secondary N) is 1. The van der Waals surface area contributed by atoms with Crippen LogP contribution < -0.4 is 11.1 Å². The van der Waals surface area contributed by atoms with Crippen LogP contribution in [0.4, 0.5) is 0 Å². The monoisotopic (exact) mass is 241 g/mol. The minimum absolute atomic E-state index is 0.0119. The molecule has 1 saturated carbocycles. The quantitative estimate of drug-likeness (QED) is 0.748. The van der Waals surface area contributed by atoms with Crippen LogP contribution in [0.3, 0.4) is 0 Å². The Morgan fingerprint density at radius 3 is 3.06 bits per heavy atom. The summed E-state index contributed by atoms with van der Waals surface area (Å²) in [6.45, 7) is 0. The van der Waals surface area contributed by atoms with Crippen molar-refractivity contribution in [2.24, 2.45) is 11.7 Å². The number of amides is 1. The van der Waals surface area contributed by atoms with E-state index >= 15 is 0 Å². The molecule has 1 aliphatic rings. The second-order valence-corrected chi connectivity index (χ2v) is 5.16. The standard InChI is InChI=1S/C11H19N3OS/c1-16-6-5-9(13)11(15)14-10-4-2-3-8(10)7-12/h8-10H,2-6,13H2,1H3,(H,14,15)/t8?,9-,10?/m0/s1. The topological polar surface area (TPSA) is 78.9 Å². The molecule has 1 aliphatic carbocycles. The van der Waals surface area contributed by atoms with E-state index in [1.54, 1.807) is 11.8 Å². The van der Waals surface area contributed by atoms with Crippen LogP contribution in [0.1, 0.15) is 25.7 Å². The number of hydrogen-bond acceptors (Lipinski definition) is 4. The number of nitriles is 1. The van der Waals surface area contributed by atoms with Gasteiger partial charge in [-0.05, 0) is 37.7 Å². The van der Waals surface area contributed by atoms with E-state index in [-0.39, 0.29) is 17.9 Å². The van der Waals surface area contributed by atoms with Crippen molar-refractivity contribution in [3.63, 3.8) is 0 Å². The second kappa shape index (κ2) is 6.77. The third-order valence-electron chi connectivity index (χ3n) is 2.98. The van der Waals surface area contributed by atoms with Crippen LogP contribution in [-0.4, -0.2) is 30.0 Å². The van der Waals surface area contributed by atoms with E-state index in [2.05, 4.69) is 11.4 Å². The van der Waals surface area contributed by atoms with Gasteiger partial charge in [0.2, 0.25) is 5.91 Å². The molecule has 0 bridgehead atoms. The Morgan fingerprint density at radius 2 is 2.44 bits per heavy atom. The predicted molar refractivity (Wildman–Crippen MR) is 65.9 cm³/mol. The highest BCUT2D eigenvalue weighted by molar-refractivity contribution is 7.98. The third-order valence-corrected chi connectivity index (χ3v) is 3.62. The molecule has 0 aromatic carbocycles. The molecule has 0 aromatic heterocycles. The van der Waals surface area contributed by atoms with Gasteiger partial charge in [0.15, 0.2) is 0 Å². The van der Waals surface area contributed by atoms with Crippen molar-refractivity contribution in [3.8, 4) is 6.07 Å². The number of rotatable bonds is 5. The van der Waals surface area contributed by atoms with Crippen molar-refractivity contribution in [2.75, 3.05) is 12.0 Å². The molecule has 0 saturated heterocycles. The first-order valence-corrected chi connectivity index (χ1v) is 7.03. The van der Waals surface area contributed by atoms with Gasteiger partial charge in [0, 0.05) is 6.04 Å². The van der Waals surface area contributed by atoms with Crippen LogP contribution in [-0.2, 0) is 4.79 Å². The van der Waals surface area contributed by atoms with Crippen molar-refractivity contribution < 1.29 is 4.79 Å². The van der Waals surface area contributed by atoms with E-state index in [9.17, 15) is 4.79 Å². The molecule has 0 radical (unpaired) electrons. The fraction of sp³-hybridized carbons (Fsp3) is 0.818. The van der Waals surface area contributed by atoms with Crippen molar-refractivity contribution in [2.45, 2.75) is 37.8 Å². The maximum absolute atomic E-state index is 11.7. The zero-order chi connectivity index (χ0) is 12.0. The maximum atomic E-state index is 11.7. The summed E-state index contributed by atoms with van der Waals surface area (Å²) >= 11 is 1.68. The lowest BCUT2D eigenvalue weighted by Crippen LogP contribution is -2.46. The molecular formula is C11H19N3OS. The highest BCUT2D eigenvalue weighted by Crippen LogP contribution is 2.24.